The molecule has 0 saturated carbocycles. The maximum atomic E-state index is 11.4. The van der Waals surface area contributed by atoms with Crippen LogP contribution in [0.15, 0.2) is 29.2 Å². The lowest BCUT2D eigenvalue weighted by Gasteiger charge is -2.32. The van der Waals surface area contributed by atoms with E-state index in [0.29, 0.717) is 6.04 Å². The van der Waals surface area contributed by atoms with Gasteiger partial charge in [-0.3, -0.25) is 0 Å². The number of likely N-dealkylation sites (tertiary alicyclic amines) is 1. The predicted octanol–water partition coefficient (Wildman–Crippen LogP) is 1.08. The van der Waals surface area contributed by atoms with Crippen LogP contribution >= 0.6 is 0 Å². The Hall–Kier alpha value is -0.950. The quantitative estimate of drug-likeness (QED) is 0.872. The van der Waals surface area contributed by atoms with Crippen LogP contribution in [0.25, 0.3) is 0 Å². The van der Waals surface area contributed by atoms with Crippen LogP contribution in [0.2, 0.25) is 0 Å². The van der Waals surface area contributed by atoms with E-state index in [9.17, 15) is 8.42 Å². The van der Waals surface area contributed by atoms with Gasteiger partial charge in [-0.25, -0.2) is 13.6 Å². The van der Waals surface area contributed by atoms with Crippen molar-refractivity contribution in [2.75, 3.05) is 20.1 Å². The molecule has 3 N–H and O–H groups in total. The fourth-order valence-electron chi connectivity index (χ4n) is 2.71. The van der Waals surface area contributed by atoms with Gasteiger partial charge < -0.3 is 10.2 Å². The summed E-state index contributed by atoms with van der Waals surface area (Å²) < 4.78 is 22.8. The number of benzene rings is 1. The first kappa shape index (κ1) is 15.4. The minimum atomic E-state index is -3.64. The zero-order valence-corrected chi connectivity index (χ0v) is 12.9. The Labute approximate surface area is 121 Å². The van der Waals surface area contributed by atoms with E-state index in [1.54, 1.807) is 12.1 Å². The van der Waals surface area contributed by atoms with Gasteiger partial charge in [-0.2, -0.15) is 0 Å². The van der Waals surface area contributed by atoms with Crippen LogP contribution < -0.4 is 10.5 Å². The predicted molar refractivity (Wildman–Crippen MR) is 79.9 cm³/mol. The van der Waals surface area contributed by atoms with Crippen molar-refractivity contribution in [3.8, 4) is 0 Å². The van der Waals surface area contributed by atoms with Crippen LogP contribution in [0.3, 0.4) is 0 Å². The third kappa shape index (κ3) is 4.02. The van der Waals surface area contributed by atoms with Crippen molar-refractivity contribution >= 4 is 10.0 Å². The highest BCUT2D eigenvalue weighted by Gasteiger charge is 2.19. The van der Waals surface area contributed by atoms with E-state index in [1.165, 1.54) is 12.5 Å². The molecular formula is C14H23N3O2S. The Kier molecular flexibility index (Phi) is 4.80. The molecule has 1 heterocycles. The van der Waals surface area contributed by atoms with Gasteiger partial charge in [0, 0.05) is 18.6 Å². The standard InChI is InChI=1S/C14H23N3O2S/c1-11(16-13-6-4-8-17(2)10-13)12-5-3-7-14(9-12)20(15,18)19/h3,5,7,9,11,13,16H,4,6,8,10H2,1-2H3,(H2,15,18,19). The van der Waals surface area contributed by atoms with Crippen molar-refractivity contribution in [3.63, 3.8) is 0 Å². The number of rotatable bonds is 4. The Bertz CT molecular complexity index is 559. The highest BCUT2D eigenvalue weighted by Crippen LogP contribution is 2.19. The van der Waals surface area contributed by atoms with Gasteiger partial charge in [0.2, 0.25) is 10.0 Å². The van der Waals surface area contributed by atoms with Gasteiger partial charge >= 0.3 is 0 Å². The maximum Gasteiger partial charge on any atom is 0.238 e. The number of sulfonamides is 1. The average molecular weight is 297 g/mol. The van der Waals surface area contributed by atoms with Crippen LogP contribution in [-0.2, 0) is 10.0 Å². The van der Waals surface area contributed by atoms with Crippen molar-refractivity contribution in [3.05, 3.63) is 29.8 Å². The molecule has 20 heavy (non-hydrogen) atoms. The number of piperidine rings is 1. The molecule has 0 radical (unpaired) electrons. The molecule has 0 aromatic heterocycles. The molecule has 1 saturated heterocycles. The van der Waals surface area contributed by atoms with Crippen LogP contribution in [0, 0.1) is 0 Å². The molecule has 0 aliphatic carbocycles. The van der Waals surface area contributed by atoms with E-state index >= 15 is 0 Å². The van der Waals surface area contributed by atoms with E-state index in [0.717, 1.165) is 25.1 Å². The van der Waals surface area contributed by atoms with E-state index < -0.39 is 10.0 Å². The highest BCUT2D eigenvalue weighted by atomic mass is 32.2. The van der Waals surface area contributed by atoms with E-state index in [4.69, 9.17) is 5.14 Å². The van der Waals surface area contributed by atoms with E-state index in [2.05, 4.69) is 24.2 Å². The summed E-state index contributed by atoms with van der Waals surface area (Å²) in [5.74, 6) is 0. The molecule has 5 nitrogen and oxygen atoms in total. The summed E-state index contributed by atoms with van der Waals surface area (Å²) in [4.78, 5) is 2.48. The molecule has 112 valence electrons. The van der Waals surface area contributed by atoms with Gasteiger partial charge in [0.05, 0.1) is 4.90 Å². The zero-order valence-electron chi connectivity index (χ0n) is 12.0. The van der Waals surface area contributed by atoms with E-state index in [-0.39, 0.29) is 10.9 Å². The summed E-state index contributed by atoms with van der Waals surface area (Å²) in [6, 6.07) is 7.40. The summed E-state index contributed by atoms with van der Waals surface area (Å²) in [6.07, 6.45) is 2.35. The lowest BCUT2D eigenvalue weighted by molar-refractivity contribution is 0.218. The molecule has 1 aromatic rings. The minimum Gasteiger partial charge on any atom is -0.306 e. The summed E-state index contributed by atoms with van der Waals surface area (Å²) in [6.45, 7) is 4.23. The van der Waals surface area contributed by atoms with Gasteiger partial charge in [0.15, 0.2) is 0 Å². The van der Waals surface area contributed by atoms with Crippen LogP contribution in [0.5, 0.6) is 0 Å². The third-order valence-electron chi connectivity index (χ3n) is 3.80. The fraction of sp³-hybridized carbons (Fsp3) is 0.571. The Morgan fingerprint density at radius 2 is 2.20 bits per heavy atom. The van der Waals surface area contributed by atoms with Crippen molar-refractivity contribution in [2.45, 2.75) is 36.7 Å². The number of primary sulfonamides is 1. The molecule has 1 aliphatic heterocycles. The number of likely N-dealkylation sites (N-methyl/N-ethyl adjacent to an activating group) is 1. The highest BCUT2D eigenvalue weighted by molar-refractivity contribution is 7.89. The first-order chi connectivity index (χ1) is 9.36. The van der Waals surface area contributed by atoms with Crippen LogP contribution in [0.1, 0.15) is 31.4 Å². The minimum absolute atomic E-state index is 0.105. The fourth-order valence-corrected chi connectivity index (χ4v) is 3.28. The van der Waals surface area contributed by atoms with Gasteiger partial charge in [0.25, 0.3) is 0 Å². The number of hydrogen-bond acceptors (Lipinski definition) is 4. The molecule has 0 spiro atoms. The lowest BCUT2D eigenvalue weighted by Crippen LogP contribution is -2.44. The van der Waals surface area contributed by atoms with Gasteiger partial charge in [-0.15, -0.1) is 0 Å². The van der Waals surface area contributed by atoms with Crippen molar-refractivity contribution in [1.29, 1.82) is 0 Å². The molecule has 0 bridgehead atoms. The molecule has 1 aliphatic rings. The number of nitrogens with two attached hydrogens (primary N) is 1. The number of nitrogens with zero attached hydrogens (tertiary/aromatic N) is 1. The topological polar surface area (TPSA) is 75.4 Å². The third-order valence-corrected chi connectivity index (χ3v) is 4.71. The summed E-state index contributed by atoms with van der Waals surface area (Å²) in [5, 5.41) is 8.74. The Morgan fingerprint density at radius 3 is 2.85 bits per heavy atom. The van der Waals surface area contributed by atoms with Gasteiger partial charge in [-0.1, -0.05) is 12.1 Å². The SMILES string of the molecule is CC(NC1CCCN(C)C1)c1cccc(S(N)(=O)=O)c1. The Morgan fingerprint density at radius 1 is 1.45 bits per heavy atom. The van der Waals surface area contributed by atoms with Gasteiger partial charge in [0.1, 0.15) is 0 Å². The average Bonchev–Trinajstić information content (AvgIpc) is 2.38. The molecule has 2 atom stereocenters. The zero-order chi connectivity index (χ0) is 14.8. The Balaban J connectivity index is 2.07. The number of nitrogens with one attached hydrogen (secondary N) is 1. The molecule has 1 fully saturated rings. The maximum absolute atomic E-state index is 11.4. The van der Waals surface area contributed by atoms with E-state index in [1.807, 2.05) is 6.07 Å². The molecule has 2 unspecified atom stereocenters. The monoisotopic (exact) mass is 297 g/mol. The molecule has 0 amide bonds. The summed E-state index contributed by atoms with van der Waals surface area (Å²) >= 11 is 0. The molecule has 6 heteroatoms. The van der Waals surface area contributed by atoms with Crippen molar-refractivity contribution in [2.24, 2.45) is 5.14 Å². The first-order valence-electron chi connectivity index (χ1n) is 6.93. The van der Waals surface area contributed by atoms with Crippen molar-refractivity contribution < 1.29 is 8.42 Å². The second-order valence-electron chi connectivity index (χ2n) is 5.61. The molecular weight excluding hydrogens is 274 g/mol. The molecule has 1 aromatic carbocycles. The largest absolute Gasteiger partial charge is 0.306 e. The lowest BCUT2D eigenvalue weighted by atomic mass is 10.0. The summed E-state index contributed by atoms with van der Waals surface area (Å²) in [5.41, 5.74) is 0.949. The summed E-state index contributed by atoms with van der Waals surface area (Å²) in [7, 11) is -1.51. The van der Waals surface area contributed by atoms with Crippen molar-refractivity contribution in [1.82, 2.24) is 10.2 Å². The second kappa shape index (κ2) is 6.22. The normalized spacial score (nSPS) is 22.6. The second-order valence-corrected chi connectivity index (χ2v) is 7.17. The van der Waals surface area contributed by atoms with Crippen LogP contribution in [0.4, 0.5) is 0 Å². The molecule has 2 rings (SSSR count). The first-order valence-corrected chi connectivity index (χ1v) is 8.48. The van der Waals surface area contributed by atoms with Gasteiger partial charge in [-0.05, 0) is 51.1 Å². The smallest absolute Gasteiger partial charge is 0.238 e. The number of hydrogen-bond donors (Lipinski definition) is 2. The van der Waals surface area contributed by atoms with Crippen LogP contribution in [-0.4, -0.2) is 39.5 Å².